The molecule has 1 saturated heterocycles. The molecule has 25 nitrogen and oxygen atoms in total. The molecule has 27 heteroatoms. The Bertz CT molecular complexity index is 3200. The van der Waals surface area contributed by atoms with Crippen molar-refractivity contribution in [3.05, 3.63) is 110 Å². The first-order valence-electron chi connectivity index (χ1n) is 24.5. The molecule has 5 aromatic rings. The summed E-state index contributed by atoms with van der Waals surface area (Å²) in [5.41, 5.74) is 13.3. The molecule has 0 bridgehead atoms. The van der Waals surface area contributed by atoms with Gasteiger partial charge in [-0.3, -0.25) is 33.1 Å². The van der Waals surface area contributed by atoms with Gasteiger partial charge in [0.25, 0.3) is 11.8 Å². The lowest BCUT2D eigenvalue weighted by molar-refractivity contribution is -0.703. The summed E-state index contributed by atoms with van der Waals surface area (Å²) in [6, 6.07) is 10.7. The zero-order valence-electron chi connectivity index (χ0n) is 42.8. The van der Waals surface area contributed by atoms with E-state index >= 15 is 0 Å². The fourth-order valence-electron chi connectivity index (χ4n) is 8.29. The molecule has 5 amide bonds. The van der Waals surface area contributed by atoms with Gasteiger partial charge in [-0.2, -0.15) is 0 Å². The Balaban J connectivity index is 0.000000300. The number of carbonyl (C=O) groups is 6. The van der Waals surface area contributed by atoms with E-state index < -0.39 is 92.0 Å². The monoisotopic (exact) mass is 1110 g/mol. The first-order chi connectivity index (χ1) is 36.2. The van der Waals surface area contributed by atoms with Gasteiger partial charge in [-0.25, -0.2) is 19.0 Å². The van der Waals surface area contributed by atoms with Crippen LogP contribution < -0.4 is 43.2 Å². The molecular weight excluding hydrogens is 1050 g/mol. The molecule has 77 heavy (non-hydrogen) atoms. The van der Waals surface area contributed by atoms with Gasteiger partial charge < -0.3 is 65.8 Å². The number of imide groups is 1. The van der Waals surface area contributed by atoms with Crippen LogP contribution in [0.2, 0.25) is 0 Å². The highest BCUT2D eigenvalue weighted by atomic mass is 31.2. The van der Waals surface area contributed by atoms with Crippen LogP contribution in [0.5, 0.6) is 0 Å². The lowest BCUT2D eigenvalue weighted by Crippen LogP contribution is -2.50. The summed E-state index contributed by atoms with van der Waals surface area (Å²) >= 11 is 0. The third-order valence-corrected chi connectivity index (χ3v) is 16.2. The number of aliphatic hydroxyl groups is 1. The average molecular weight is 1110 g/mol. The van der Waals surface area contributed by atoms with E-state index in [1.807, 2.05) is 13.8 Å². The summed E-state index contributed by atoms with van der Waals surface area (Å²) < 4.78 is 35.3. The van der Waals surface area contributed by atoms with Crippen LogP contribution in [0.4, 0.5) is 11.4 Å². The third-order valence-electron chi connectivity index (χ3n) is 12.5. The molecular formula is C50H64N7O18P2+. The van der Waals surface area contributed by atoms with E-state index in [9.17, 15) is 72.2 Å². The standard InChI is InChI=1S/C28H38N4O11P2.C22H25N3O7/c1-3-4-7-23(31-25(34)13-22-17(2)21-9-8-19(29)12-24(21)43-28(22)36)27(35)30-14-20(33)16-32-10-5-6-18(15-32)11-26(44(37,38)39)45(40,41)42;1-3-4-5-16(22(30)32-25-19(27)8-9-20(25)28)24-18(26)11-15-12(2)14-7-6-13(23)10-17(14)31-21(15)29/h5-6,8-10,12,15,20,23,26,33H,3-4,7,11,13-14,16H2,1-2H3,(H7-,29,30,31,34,35,36,37,38,39,40,41,42);6-7,10,16H,3-5,8-9,11,23H2,1-2H3,(H,24,26)/p+1. The van der Waals surface area contributed by atoms with Gasteiger partial charge in [0, 0.05) is 71.7 Å². The average Bonchev–Trinajstić information content (AvgIpc) is 3.67. The molecule has 1 aliphatic rings. The fraction of sp³-hybridized carbons (Fsp3) is 0.420. The smallest absolute Gasteiger partial charge is 0.355 e. The van der Waals surface area contributed by atoms with Gasteiger partial charge in [0.2, 0.25) is 17.7 Å². The minimum atomic E-state index is -5.12. The van der Waals surface area contributed by atoms with Crippen LogP contribution in [-0.2, 0) is 68.5 Å². The van der Waals surface area contributed by atoms with Crippen molar-refractivity contribution in [2.24, 2.45) is 0 Å². The minimum Gasteiger partial charge on any atom is -0.422 e. The molecule has 6 rings (SSSR count). The topological polar surface area (TPSA) is 403 Å². The van der Waals surface area contributed by atoms with Crippen LogP contribution >= 0.6 is 15.2 Å². The van der Waals surface area contributed by atoms with E-state index in [1.165, 1.54) is 41.2 Å². The van der Waals surface area contributed by atoms with Gasteiger partial charge >= 0.3 is 32.4 Å². The van der Waals surface area contributed by atoms with Crippen molar-refractivity contribution in [1.82, 2.24) is 21.0 Å². The number of amides is 5. The summed E-state index contributed by atoms with van der Waals surface area (Å²) in [6.45, 7) is 6.95. The number of nitrogens with two attached hydrogens (primary N) is 2. The number of aliphatic hydroxyl groups excluding tert-OH is 1. The van der Waals surface area contributed by atoms with Crippen molar-refractivity contribution >= 4 is 84.0 Å². The van der Waals surface area contributed by atoms with E-state index in [-0.39, 0.29) is 61.9 Å². The second-order valence-electron chi connectivity index (χ2n) is 18.5. The van der Waals surface area contributed by atoms with E-state index in [2.05, 4.69) is 16.0 Å². The maximum Gasteiger partial charge on any atom is 0.355 e. The number of unbranched alkanes of at least 4 members (excludes halogenated alkanes) is 2. The van der Waals surface area contributed by atoms with Crippen LogP contribution in [0.15, 0.2) is 79.3 Å². The van der Waals surface area contributed by atoms with E-state index in [0.717, 1.165) is 12.8 Å². The number of aryl methyl sites for hydroxylation is 2. The molecule has 3 unspecified atom stereocenters. The largest absolute Gasteiger partial charge is 0.422 e. The first-order valence-corrected chi connectivity index (χ1v) is 27.9. The van der Waals surface area contributed by atoms with Crippen molar-refractivity contribution in [3.8, 4) is 0 Å². The zero-order chi connectivity index (χ0) is 56.9. The summed E-state index contributed by atoms with van der Waals surface area (Å²) in [6.07, 6.45) is 3.77. The van der Waals surface area contributed by atoms with Crippen LogP contribution in [0, 0.1) is 13.8 Å². The minimum absolute atomic E-state index is 0.0270. The van der Waals surface area contributed by atoms with Gasteiger partial charge in [-0.15, -0.1) is 5.06 Å². The second-order valence-corrected chi connectivity index (χ2v) is 22.5. The molecule has 4 heterocycles. The highest BCUT2D eigenvalue weighted by Gasteiger charge is 2.43. The number of fused-ring (bicyclic) bond motifs is 2. The van der Waals surface area contributed by atoms with Crippen molar-refractivity contribution in [3.63, 3.8) is 0 Å². The Morgan fingerprint density at radius 1 is 0.753 bits per heavy atom. The quantitative estimate of drug-likeness (QED) is 0.0147. The Labute approximate surface area is 440 Å². The Morgan fingerprint density at radius 3 is 1.71 bits per heavy atom. The van der Waals surface area contributed by atoms with Crippen molar-refractivity contribution in [1.29, 1.82) is 0 Å². The molecule has 3 aromatic heterocycles. The van der Waals surface area contributed by atoms with Gasteiger partial charge in [0.1, 0.15) is 29.4 Å². The number of rotatable bonds is 23. The molecule has 0 spiro atoms. The lowest BCUT2D eigenvalue weighted by Gasteiger charge is -2.20. The molecule has 2 aromatic carbocycles. The number of hydroxylamine groups is 2. The Hall–Kier alpha value is -7.11. The van der Waals surface area contributed by atoms with Gasteiger partial charge in [-0.05, 0) is 68.1 Å². The number of hydrogen-bond acceptors (Lipinski definition) is 16. The highest BCUT2D eigenvalue weighted by Crippen LogP contribution is 2.60. The van der Waals surface area contributed by atoms with Gasteiger partial charge in [0.05, 0.1) is 24.0 Å². The van der Waals surface area contributed by atoms with E-state index in [1.54, 1.807) is 38.1 Å². The first kappa shape index (κ1) is 60.8. The summed E-state index contributed by atoms with van der Waals surface area (Å²) in [4.78, 5) is 142. The SMILES string of the molecule is CCCCC(NC(=O)Cc1c(C)c2ccc(N)cc2oc1=O)C(=O)NCC(O)C[n+]1cccc(CC(P(=O)(O)O)P(=O)(O)O)c1.CCCCC(NC(=O)Cc1c(C)c2ccc(N)cc2oc1=O)C(=O)ON1C(=O)CCC1=O. The van der Waals surface area contributed by atoms with Crippen LogP contribution in [0.1, 0.15) is 93.0 Å². The molecule has 3 atom stereocenters. The number of pyridine rings is 1. The second kappa shape index (κ2) is 26.8. The maximum absolute atomic E-state index is 13.0. The summed E-state index contributed by atoms with van der Waals surface area (Å²) in [7, 11) is -10.2. The lowest BCUT2D eigenvalue weighted by atomic mass is 10.0. The maximum atomic E-state index is 13.0. The van der Waals surface area contributed by atoms with Crippen LogP contribution in [0.25, 0.3) is 21.9 Å². The number of nitrogens with one attached hydrogen (secondary N) is 3. The third kappa shape index (κ3) is 16.9. The number of carbonyl (C=O) groups excluding carboxylic acids is 6. The van der Waals surface area contributed by atoms with Crippen molar-refractivity contribution < 1.29 is 80.8 Å². The van der Waals surface area contributed by atoms with Crippen LogP contribution in [-0.4, -0.2) is 95.4 Å². The number of hydrogen-bond donors (Lipinski definition) is 10. The molecule has 416 valence electrons. The molecule has 1 aliphatic heterocycles. The van der Waals surface area contributed by atoms with Crippen LogP contribution in [0.3, 0.4) is 0 Å². The van der Waals surface area contributed by atoms with Crippen molar-refractivity contribution in [2.75, 3.05) is 18.0 Å². The van der Waals surface area contributed by atoms with Gasteiger partial charge in [-0.1, -0.05) is 39.5 Å². The number of anilines is 2. The van der Waals surface area contributed by atoms with E-state index in [0.29, 0.717) is 68.8 Å². The van der Waals surface area contributed by atoms with Crippen molar-refractivity contribution in [2.45, 2.75) is 128 Å². The molecule has 12 N–H and O–H groups in total. The normalized spacial score (nSPS) is 14.0. The predicted molar refractivity (Wildman–Crippen MR) is 278 cm³/mol. The summed E-state index contributed by atoms with van der Waals surface area (Å²) in [5.74, 6) is -3.81. The number of nitrogen functional groups attached to an aromatic ring is 2. The van der Waals surface area contributed by atoms with E-state index in [4.69, 9.17) is 25.1 Å². The predicted octanol–water partition coefficient (Wildman–Crippen LogP) is 2.10. The summed E-state index contributed by atoms with van der Waals surface area (Å²) in [5, 5.41) is 17.9. The molecule has 0 saturated carbocycles. The number of aromatic nitrogens is 1. The van der Waals surface area contributed by atoms with Gasteiger partial charge in [0.15, 0.2) is 24.3 Å². The Morgan fingerprint density at radius 2 is 1.23 bits per heavy atom. The fourth-order valence-corrected chi connectivity index (χ4v) is 10.8. The number of nitrogens with zero attached hydrogens (tertiary/aromatic N) is 2. The molecule has 1 fully saturated rings. The zero-order valence-corrected chi connectivity index (χ0v) is 44.6. The number of benzene rings is 2. The highest BCUT2D eigenvalue weighted by molar-refractivity contribution is 7.70. The Kier molecular flexibility index (Phi) is 21.1. The molecule has 0 radical (unpaired) electrons. The molecule has 0 aliphatic carbocycles.